The second kappa shape index (κ2) is 3.65. The first-order valence-corrected chi connectivity index (χ1v) is 6.72. The molecule has 0 fully saturated rings. The summed E-state index contributed by atoms with van der Waals surface area (Å²) in [6.45, 7) is 2.77. The molecule has 1 N–H and O–H groups in total. The van der Waals surface area contributed by atoms with E-state index in [2.05, 4.69) is 0 Å². The molecule has 6 heteroatoms. The van der Waals surface area contributed by atoms with Gasteiger partial charge in [0.05, 0.1) is 5.41 Å². The number of sulfone groups is 1. The Morgan fingerprint density at radius 1 is 1.33 bits per heavy atom. The van der Waals surface area contributed by atoms with Gasteiger partial charge in [-0.05, 0) is 25.5 Å². The largest absolute Gasteiger partial charge is 0.481 e. The molecular weight excluding hydrogens is 259 g/mol. The second-order valence-corrected chi connectivity index (χ2v) is 6.36. The Bertz CT molecular complexity index is 671. The van der Waals surface area contributed by atoms with E-state index in [0.717, 1.165) is 11.5 Å². The quantitative estimate of drug-likeness (QED) is 0.893. The Labute approximate surface area is 104 Å². The van der Waals surface area contributed by atoms with Crippen molar-refractivity contribution in [1.29, 1.82) is 0 Å². The molecule has 0 spiro atoms. The highest BCUT2D eigenvalue weighted by atomic mass is 32.2. The molecule has 18 heavy (non-hydrogen) atoms. The molecule has 4 nitrogen and oxygen atoms in total. The van der Waals surface area contributed by atoms with Gasteiger partial charge < -0.3 is 5.11 Å². The number of carboxylic acids is 1. The van der Waals surface area contributed by atoms with Crippen molar-refractivity contribution in [3.05, 3.63) is 35.0 Å². The zero-order chi connectivity index (χ0) is 13.7. The number of carboxylic acid groups (broad SMARTS) is 1. The van der Waals surface area contributed by atoms with Crippen molar-refractivity contribution in [2.24, 2.45) is 5.41 Å². The Hall–Kier alpha value is -1.69. The van der Waals surface area contributed by atoms with E-state index >= 15 is 0 Å². The SMILES string of the molecule is CC(C)(C(=O)O)C1=CS(=O)(=O)c2c(F)cccc21. The van der Waals surface area contributed by atoms with E-state index in [1.165, 1.54) is 26.0 Å². The molecular formula is C12H11FO4S. The highest BCUT2D eigenvalue weighted by Crippen LogP contribution is 2.44. The summed E-state index contributed by atoms with van der Waals surface area (Å²) in [6, 6.07) is 3.82. The van der Waals surface area contributed by atoms with Crippen molar-refractivity contribution < 1.29 is 22.7 Å². The molecule has 96 valence electrons. The molecule has 0 saturated carbocycles. The third-order valence-corrected chi connectivity index (χ3v) is 4.55. The molecule has 1 heterocycles. The fourth-order valence-corrected chi connectivity index (χ4v) is 3.56. The van der Waals surface area contributed by atoms with Crippen molar-refractivity contribution in [3.8, 4) is 0 Å². The van der Waals surface area contributed by atoms with Crippen LogP contribution in [0.25, 0.3) is 5.57 Å². The number of benzene rings is 1. The topological polar surface area (TPSA) is 71.4 Å². The average molecular weight is 270 g/mol. The molecule has 0 radical (unpaired) electrons. The molecule has 1 aromatic rings. The molecule has 0 unspecified atom stereocenters. The van der Waals surface area contributed by atoms with Crippen LogP contribution < -0.4 is 0 Å². The van der Waals surface area contributed by atoms with E-state index in [-0.39, 0.29) is 11.1 Å². The normalized spacial score (nSPS) is 17.2. The van der Waals surface area contributed by atoms with E-state index in [0.29, 0.717) is 0 Å². The van der Waals surface area contributed by atoms with Crippen LogP contribution in [-0.2, 0) is 14.6 Å². The van der Waals surface area contributed by atoms with Gasteiger partial charge in [-0.1, -0.05) is 12.1 Å². The minimum Gasteiger partial charge on any atom is -0.481 e. The van der Waals surface area contributed by atoms with Crippen LogP contribution in [0.4, 0.5) is 4.39 Å². The lowest BCUT2D eigenvalue weighted by atomic mass is 9.81. The smallest absolute Gasteiger partial charge is 0.313 e. The van der Waals surface area contributed by atoms with Gasteiger partial charge in [-0.25, -0.2) is 12.8 Å². The van der Waals surface area contributed by atoms with E-state index in [1.807, 2.05) is 0 Å². The van der Waals surface area contributed by atoms with Gasteiger partial charge in [-0.15, -0.1) is 0 Å². The fourth-order valence-electron chi connectivity index (χ4n) is 1.89. The van der Waals surface area contributed by atoms with Gasteiger partial charge in [-0.3, -0.25) is 4.79 Å². The lowest BCUT2D eigenvalue weighted by molar-refractivity contribution is -0.143. The Kier molecular flexibility index (Phi) is 2.59. The molecule has 0 amide bonds. The van der Waals surface area contributed by atoms with E-state index in [9.17, 15) is 17.6 Å². The van der Waals surface area contributed by atoms with Crippen molar-refractivity contribution in [2.45, 2.75) is 18.7 Å². The molecule has 0 aromatic heterocycles. The van der Waals surface area contributed by atoms with Crippen molar-refractivity contribution in [1.82, 2.24) is 0 Å². The van der Waals surface area contributed by atoms with Crippen molar-refractivity contribution in [3.63, 3.8) is 0 Å². The van der Waals surface area contributed by atoms with Gasteiger partial charge in [0.25, 0.3) is 0 Å². The Balaban J connectivity index is 2.78. The van der Waals surface area contributed by atoms with Crippen LogP contribution in [0.15, 0.2) is 28.5 Å². The van der Waals surface area contributed by atoms with Gasteiger partial charge in [0.2, 0.25) is 9.84 Å². The van der Waals surface area contributed by atoms with E-state index in [1.54, 1.807) is 0 Å². The third-order valence-electron chi connectivity index (χ3n) is 3.02. The third kappa shape index (κ3) is 1.64. The molecule has 0 bridgehead atoms. The number of carbonyl (C=O) groups is 1. The van der Waals surface area contributed by atoms with E-state index in [4.69, 9.17) is 5.11 Å². The summed E-state index contributed by atoms with van der Waals surface area (Å²) in [6.07, 6.45) is 0. The standard InChI is InChI=1S/C12H11FO4S/c1-12(2,11(14)15)8-6-18(16,17)10-7(8)4-3-5-9(10)13/h3-6H,1-2H3,(H,14,15). The number of fused-ring (bicyclic) bond motifs is 1. The number of rotatable bonds is 2. The zero-order valence-corrected chi connectivity index (χ0v) is 10.6. The number of hydrogen-bond acceptors (Lipinski definition) is 3. The monoisotopic (exact) mass is 270 g/mol. The minimum absolute atomic E-state index is 0.101. The van der Waals surface area contributed by atoms with Crippen LogP contribution in [0.5, 0.6) is 0 Å². The summed E-state index contributed by atoms with van der Waals surface area (Å²) in [7, 11) is -3.90. The summed E-state index contributed by atoms with van der Waals surface area (Å²) in [5.74, 6) is -2.03. The average Bonchev–Trinajstić information content (AvgIpc) is 2.52. The van der Waals surface area contributed by atoms with Gasteiger partial charge in [-0.2, -0.15) is 0 Å². The van der Waals surface area contributed by atoms with Crippen LogP contribution in [-0.4, -0.2) is 19.5 Å². The van der Waals surface area contributed by atoms with Gasteiger partial charge in [0, 0.05) is 11.0 Å². The lowest BCUT2D eigenvalue weighted by Crippen LogP contribution is -2.24. The summed E-state index contributed by atoms with van der Waals surface area (Å²) in [5, 5.41) is 9.98. The maximum atomic E-state index is 13.6. The van der Waals surface area contributed by atoms with Crippen molar-refractivity contribution >= 4 is 21.4 Å². The maximum absolute atomic E-state index is 13.6. The minimum atomic E-state index is -3.90. The number of halogens is 1. The van der Waals surface area contributed by atoms with Crippen LogP contribution >= 0.6 is 0 Å². The lowest BCUT2D eigenvalue weighted by Gasteiger charge is -2.21. The summed E-state index contributed by atoms with van der Waals surface area (Å²) < 4.78 is 37.3. The Morgan fingerprint density at radius 2 is 1.94 bits per heavy atom. The molecule has 0 saturated heterocycles. The highest BCUT2D eigenvalue weighted by molar-refractivity contribution is 7.95. The first-order chi connectivity index (χ1) is 8.18. The maximum Gasteiger partial charge on any atom is 0.313 e. The fraction of sp³-hybridized carbons (Fsp3) is 0.250. The first-order valence-electron chi connectivity index (χ1n) is 5.17. The highest BCUT2D eigenvalue weighted by Gasteiger charge is 2.41. The Morgan fingerprint density at radius 3 is 2.50 bits per heavy atom. The number of hydrogen-bond donors (Lipinski definition) is 1. The zero-order valence-electron chi connectivity index (χ0n) is 9.77. The molecule has 1 aliphatic heterocycles. The summed E-state index contributed by atoms with van der Waals surface area (Å²) in [5.41, 5.74) is -1.17. The predicted molar refractivity (Wildman–Crippen MR) is 63.0 cm³/mol. The molecule has 1 aliphatic rings. The van der Waals surface area contributed by atoms with Gasteiger partial charge in [0.15, 0.2) is 0 Å². The van der Waals surface area contributed by atoms with Crippen molar-refractivity contribution in [2.75, 3.05) is 0 Å². The molecule has 1 aromatic carbocycles. The van der Waals surface area contributed by atoms with Gasteiger partial charge >= 0.3 is 5.97 Å². The second-order valence-electron chi connectivity index (χ2n) is 4.62. The van der Waals surface area contributed by atoms with Gasteiger partial charge in [0.1, 0.15) is 10.7 Å². The first kappa shape index (κ1) is 12.8. The number of aliphatic carboxylic acids is 1. The van der Waals surface area contributed by atoms with Crippen LogP contribution in [0, 0.1) is 11.2 Å². The molecule has 0 aliphatic carbocycles. The molecule has 2 rings (SSSR count). The van der Waals surface area contributed by atoms with E-state index < -0.39 is 31.9 Å². The summed E-state index contributed by atoms with van der Waals surface area (Å²) >= 11 is 0. The van der Waals surface area contributed by atoms with Crippen LogP contribution in [0.2, 0.25) is 0 Å². The molecule has 0 atom stereocenters. The predicted octanol–water partition coefficient (Wildman–Crippen LogP) is 2.06. The van der Waals surface area contributed by atoms with Crippen LogP contribution in [0.3, 0.4) is 0 Å². The van der Waals surface area contributed by atoms with Crippen LogP contribution in [0.1, 0.15) is 19.4 Å². The summed E-state index contributed by atoms with van der Waals surface area (Å²) in [4.78, 5) is 10.7.